The molecule has 0 saturated carbocycles. The molecule has 0 aliphatic carbocycles. The predicted molar refractivity (Wildman–Crippen MR) is 107 cm³/mol. The van der Waals surface area contributed by atoms with Gasteiger partial charge < -0.3 is 10.4 Å². The van der Waals surface area contributed by atoms with Gasteiger partial charge in [0, 0.05) is 36.1 Å². The third kappa shape index (κ3) is 4.81. The van der Waals surface area contributed by atoms with Crippen LogP contribution in [-0.4, -0.2) is 36.3 Å². The van der Waals surface area contributed by atoms with Gasteiger partial charge in [0.15, 0.2) is 0 Å². The second kappa shape index (κ2) is 8.77. The zero-order valence-corrected chi connectivity index (χ0v) is 16.5. The van der Waals surface area contributed by atoms with Crippen molar-refractivity contribution >= 4 is 23.9 Å². The third-order valence-corrected chi connectivity index (χ3v) is 4.01. The molecule has 0 spiro atoms. The highest BCUT2D eigenvalue weighted by molar-refractivity contribution is 5.85. The molecule has 10 heteroatoms. The fourth-order valence-corrected chi connectivity index (χ4v) is 2.71. The first-order valence-corrected chi connectivity index (χ1v) is 8.39. The van der Waals surface area contributed by atoms with E-state index in [4.69, 9.17) is 0 Å². The van der Waals surface area contributed by atoms with Crippen molar-refractivity contribution in [2.45, 2.75) is 26.9 Å². The summed E-state index contributed by atoms with van der Waals surface area (Å²) in [5.41, 5.74) is 3.13. The molecule has 1 aromatic carbocycles. The number of nitrogens with zero attached hydrogens (tertiary/aromatic N) is 5. The van der Waals surface area contributed by atoms with Crippen LogP contribution in [0.5, 0.6) is 0 Å². The Morgan fingerprint density at radius 2 is 1.82 bits per heavy atom. The Morgan fingerprint density at radius 1 is 1.14 bits per heavy atom. The van der Waals surface area contributed by atoms with Crippen molar-refractivity contribution in [1.82, 2.24) is 19.7 Å². The Hall–Kier alpha value is -3.04. The van der Waals surface area contributed by atoms with Crippen LogP contribution in [0, 0.1) is 30.9 Å². The summed E-state index contributed by atoms with van der Waals surface area (Å²) in [7, 11) is 0. The maximum Gasteiger partial charge on any atom is 0.269 e. The quantitative estimate of drug-likeness (QED) is 0.478. The summed E-state index contributed by atoms with van der Waals surface area (Å²) in [4.78, 5) is 19.1. The number of hydrogen-bond donors (Lipinski definition) is 2. The molecule has 2 heterocycles. The van der Waals surface area contributed by atoms with Gasteiger partial charge in [-0.2, -0.15) is 10.1 Å². The van der Waals surface area contributed by atoms with Gasteiger partial charge in [0.2, 0.25) is 0 Å². The molecule has 3 rings (SSSR count). The molecule has 9 nitrogen and oxygen atoms in total. The van der Waals surface area contributed by atoms with Gasteiger partial charge in [-0.3, -0.25) is 10.1 Å². The lowest BCUT2D eigenvalue weighted by atomic mass is 10.1. The molecule has 0 aliphatic heterocycles. The largest absolute Gasteiger partial charge is 0.387 e. The van der Waals surface area contributed by atoms with E-state index in [0.717, 1.165) is 17.1 Å². The lowest BCUT2D eigenvalue weighted by Crippen LogP contribution is -2.15. The van der Waals surface area contributed by atoms with Gasteiger partial charge in [-0.15, -0.1) is 12.4 Å². The molecule has 0 aliphatic rings. The van der Waals surface area contributed by atoms with E-state index in [1.54, 1.807) is 10.7 Å². The summed E-state index contributed by atoms with van der Waals surface area (Å²) in [5, 5.41) is 28.5. The van der Waals surface area contributed by atoms with Crippen LogP contribution in [-0.2, 0) is 0 Å². The topological polar surface area (TPSA) is 119 Å². The molecule has 0 fully saturated rings. The Morgan fingerprint density at radius 3 is 2.39 bits per heavy atom. The van der Waals surface area contributed by atoms with Crippen LogP contribution in [0.25, 0.3) is 5.95 Å². The van der Waals surface area contributed by atoms with Gasteiger partial charge >= 0.3 is 0 Å². The highest BCUT2D eigenvalue weighted by Crippen LogP contribution is 2.19. The molecule has 1 unspecified atom stereocenters. The number of nitro benzene ring substituents is 1. The Kier molecular flexibility index (Phi) is 6.66. The molecule has 2 aromatic heterocycles. The van der Waals surface area contributed by atoms with Crippen LogP contribution in [0.4, 0.5) is 11.5 Å². The van der Waals surface area contributed by atoms with E-state index >= 15 is 0 Å². The van der Waals surface area contributed by atoms with Gasteiger partial charge in [0.05, 0.1) is 16.7 Å². The summed E-state index contributed by atoms with van der Waals surface area (Å²) in [6, 6.07) is 9.53. The minimum atomic E-state index is -0.835. The van der Waals surface area contributed by atoms with Crippen LogP contribution in [0.1, 0.15) is 28.7 Å². The van der Waals surface area contributed by atoms with E-state index in [-0.39, 0.29) is 24.6 Å². The van der Waals surface area contributed by atoms with Crippen molar-refractivity contribution < 1.29 is 10.0 Å². The number of aliphatic hydroxyl groups excluding tert-OH is 1. The van der Waals surface area contributed by atoms with Crippen molar-refractivity contribution in [3.05, 3.63) is 69.2 Å². The number of aryl methyl sites for hydroxylation is 3. The van der Waals surface area contributed by atoms with E-state index in [1.807, 2.05) is 26.8 Å². The smallest absolute Gasteiger partial charge is 0.269 e. The number of non-ortho nitro benzene ring substituents is 1. The number of anilines is 1. The molecule has 1 atom stereocenters. The Labute approximate surface area is 168 Å². The molecule has 0 amide bonds. The Bertz CT molecular complexity index is 974. The molecular formula is C18H21ClN6O3. The molecule has 148 valence electrons. The summed E-state index contributed by atoms with van der Waals surface area (Å²) in [6.45, 7) is 5.88. The molecule has 0 bridgehead atoms. The summed E-state index contributed by atoms with van der Waals surface area (Å²) in [5.74, 6) is 1.01. The van der Waals surface area contributed by atoms with E-state index in [1.165, 1.54) is 24.3 Å². The number of aliphatic hydroxyl groups is 1. The lowest BCUT2D eigenvalue weighted by Gasteiger charge is -2.14. The molecule has 0 radical (unpaired) electrons. The molecule has 0 saturated heterocycles. The number of hydrogen-bond acceptors (Lipinski definition) is 7. The minimum Gasteiger partial charge on any atom is -0.387 e. The SMILES string of the molecule is Cc1cc(NCC(O)c2ccc([N+](=O)[O-])cc2)nc(-n2nc(C)cc2C)n1.Cl. The van der Waals surface area contributed by atoms with Gasteiger partial charge in [-0.1, -0.05) is 0 Å². The highest BCUT2D eigenvalue weighted by Gasteiger charge is 2.13. The van der Waals surface area contributed by atoms with E-state index in [9.17, 15) is 15.2 Å². The monoisotopic (exact) mass is 404 g/mol. The van der Waals surface area contributed by atoms with E-state index in [0.29, 0.717) is 17.3 Å². The number of aromatic nitrogens is 4. The maximum atomic E-state index is 10.7. The normalized spacial score (nSPS) is 11.6. The van der Waals surface area contributed by atoms with Gasteiger partial charge in [0.1, 0.15) is 5.82 Å². The predicted octanol–water partition coefficient (Wildman–Crippen LogP) is 3.06. The molecular weight excluding hydrogens is 384 g/mol. The van der Waals surface area contributed by atoms with Crippen LogP contribution < -0.4 is 5.32 Å². The highest BCUT2D eigenvalue weighted by atomic mass is 35.5. The third-order valence-electron chi connectivity index (χ3n) is 4.01. The van der Waals surface area contributed by atoms with Crippen molar-refractivity contribution in [3.8, 4) is 5.95 Å². The standard InChI is InChI=1S/C18H20N6O3.ClH/c1-11-9-17(21-18(20-11)23-13(3)8-12(2)22-23)19-10-16(25)14-4-6-15(7-5-14)24(26)27;/h4-9,16,25H,10H2,1-3H3,(H,19,20,21);1H. The molecule has 3 aromatic rings. The van der Waals surface area contributed by atoms with Crippen molar-refractivity contribution in [3.63, 3.8) is 0 Å². The van der Waals surface area contributed by atoms with Gasteiger partial charge in [-0.25, -0.2) is 9.67 Å². The lowest BCUT2D eigenvalue weighted by molar-refractivity contribution is -0.384. The van der Waals surface area contributed by atoms with Crippen LogP contribution in [0.15, 0.2) is 36.4 Å². The van der Waals surface area contributed by atoms with Crippen LogP contribution in [0.3, 0.4) is 0 Å². The number of benzene rings is 1. The average Bonchev–Trinajstić information content (AvgIpc) is 2.97. The minimum absolute atomic E-state index is 0. The van der Waals surface area contributed by atoms with Crippen molar-refractivity contribution in [1.29, 1.82) is 0 Å². The van der Waals surface area contributed by atoms with E-state index in [2.05, 4.69) is 20.4 Å². The Balaban J connectivity index is 0.00000280. The first-order chi connectivity index (χ1) is 12.8. The summed E-state index contributed by atoms with van der Waals surface area (Å²) < 4.78 is 1.67. The fourth-order valence-electron chi connectivity index (χ4n) is 2.71. The maximum absolute atomic E-state index is 10.7. The number of nitrogens with one attached hydrogen (secondary N) is 1. The van der Waals surface area contributed by atoms with Gasteiger partial charge in [0.25, 0.3) is 11.6 Å². The average molecular weight is 405 g/mol. The van der Waals surface area contributed by atoms with Crippen molar-refractivity contribution in [2.24, 2.45) is 0 Å². The first-order valence-electron chi connectivity index (χ1n) is 8.39. The summed E-state index contributed by atoms with van der Waals surface area (Å²) >= 11 is 0. The fraction of sp³-hybridized carbons (Fsp3) is 0.278. The van der Waals surface area contributed by atoms with Crippen molar-refractivity contribution in [2.75, 3.05) is 11.9 Å². The van der Waals surface area contributed by atoms with Crippen LogP contribution in [0.2, 0.25) is 0 Å². The molecule has 2 N–H and O–H groups in total. The molecule has 28 heavy (non-hydrogen) atoms. The van der Waals surface area contributed by atoms with Crippen LogP contribution >= 0.6 is 12.4 Å². The van der Waals surface area contributed by atoms with E-state index < -0.39 is 11.0 Å². The summed E-state index contributed by atoms with van der Waals surface area (Å²) in [6.07, 6.45) is -0.835. The number of nitro groups is 1. The van der Waals surface area contributed by atoms with Gasteiger partial charge in [-0.05, 0) is 44.5 Å². The zero-order valence-electron chi connectivity index (χ0n) is 15.7. The number of halogens is 1. The zero-order chi connectivity index (χ0) is 19.6. The second-order valence-corrected chi connectivity index (χ2v) is 6.28. The second-order valence-electron chi connectivity index (χ2n) is 6.28. The first kappa shape index (κ1) is 21.3. The number of rotatable bonds is 6.